The summed E-state index contributed by atoms with van der Waals surface area (Å²) in [4.78, 5) is 11.5. The van der Waals surface area contributed by atoms with E-state index in [1.165, 1.54) is 38.5 Å². The number of nitrogens with one attached hydrogen (secondary N) is 1. The molecule has 3 nitrogen and oxygen atoms in total. The molecular weight excluding hydrogens is 238 g/mol. The van der Waals surface area contributed by atoms with Gasteiger partial charge in [0.25, 0.3) is 0 Å². The zero-order valence-electron chi connectivity index (χ0n) is 11.7. The summed E-state index contributed by atoms with van der Waals surface area (Å²) in [7, 11) is 0. The summed E-state index contributed by atoms with van der Waals surface area (Å²) >= 11 is 0. The van der Waals surface area contributed by atoms with Gasteiger partial charge in [0, 0.05) is 6.54 Å². The van der Waals surface area contributed by atoms with Crippen LogP contribution in [0.4, 0.5) is 0 Å². The highest BCUT2D eigenvalue weighted by Crippen LogP contribution is 2.59. The van der Waals surface area contributed by atoms with Crippen LogP contribution in [-0.4, -0.2) is 23.2 Å². The number of rotatable bonds is 4. The number of carboxylic acids is 1. The summed E-state index contributed by atoms with van der Waals surface area (Å²) in [6.07, 6.45) is 11.2. The molecular formula is C16H25NO2. The summed E-state index contributed by atoms with van der Waals surface area (Å²) in [5.41, 5.74) is -0.115. The smallest absolute Gasteiger partial charge is 0.323 e. The van der Waals surface area contributed by atoms with Crippen LogP contribution in [0, 0.1) is 23.2 Å². The van der Waals surface area contributed by atoms with Gasteiger partial charge >= 0.3 is 5.97 Å². The van der Waals surface area contributed by atoms with Gasteiger partial charge in [-0.2, -0.15) is 0 Å². The highest BCUT2D eigenvalue weighted by molar-refractivity contribution is 5.80. The number of carboxylic acid groups (broad SMARTS) is 1. The molecule has 0 saturated heterocycles. The molecule has 0 amide bonds. The molecule has 5 fully saturated rings. The molecule has 4 bridgehead atoms. The maximum Gasteiger partial charge on any atom is 0.323 e. The first-order chi connectivity index (χ1) is 9.09. The summed E-state index contributed by atoms with van der Waals surface area (Å²) in [6.45, 7) is 0.961. The van der Waals surface area contributed by atoms with Crippen LogP contribution in [0.5, 0.6) is 0 Å². The van der Waals surface area contributed by atoms with Crippen LogP contribution in [0.2, 0.25) is 0 Å². The molecule has 5 saturated carbocycles. The van der Waals surface area contributed by atoms with Crippen molar-refractivity contribution in [2.45, 2.75) is 63.3 Å². The number of hydrogen-bond acceptors (Lipinski definition) is 2. The Morgan fingerprint density at radius 1 is 1.05 bits per heavy atom. The van der Waals surface area contributed by atoms with E-state index < -0.39 is 11.5 Å². The van der Waals surface area contributed by atoms with Crippen molar-refractivity contribution in [1.29, 1.82) is 0 Å². The SMILES string of the molecule is O=C(O)C1(NCC23CC4CC(CC(C4)C2)C3)CCC1. The Kier molecular flexibility index (Phi) is 2.55. The Morgan fingerprint density at radius 2 is 1.58 bits per heavy atom. The Bertz CT molecular complexity index is 364. The lowest BCUT2D eigenvalue weighted by atomic mass is 9.49. The molecule has 0 aliphatic heterocycles. The maximum atomic E-state index is 11.5. The summed E-state index contributed by atoms with van der Waals surface area (Å²) in [5.74, 6) is 2.24. The fraction of sp³-hybridized carbons (Fsp3) is 0.938. The Balaban J connectivity index is 1.46. The van der Waals surface area contributed by atoms with E-state index in [9.17, 15) is 9.90 Å². The first kappa shape index (κ1) is 12.2. The molecule has 0 atom stereocenters. The normalized spacial score (nSPS) is 46.0. The van der Waals surface area contributed by atoms with E-state index in [1.54, 1.807) is 0 Å². The van der Waals surface area contributed by atoms with Crippen molar-refractivity contribution in [3.05, 3.63) is 0 Å². The second kappa shape index (κ2) is 3.97. The lowest BCUT2D eigenvalue weighted by molar-refractivity contribution is -0.149. The van der Waals surface area contributed by atoms with Gasteiger partial charge in [0.15, 0.2) is 0 Å². The summed E-state index contributed by atoms with van der Waals surface area (Å²) in [6, 6.07) is 0. The Morgan fingerprint density at radius 3 is 1.95 bits per heavy atom. The van der Waals surface area contributed by atoms with Crippen LogP contribution < -0.4 is 5.32 Å². The van der Waals surface area contributed by atoms with Crippen molar-refractivity contribution in [2.24, 2.45) is 23.2 Å². The maximum absolute atomic E-state index is 11.5. The van der Waals surface area contributed by atoms with E-state index in [2.05, 4.69) is 5.32 Å². The molecule has 5 aliphatic carbocycles. The molecule has 0 heterocycles. The average Bonchev–Trinajstić information content (AvgIpc) is 2.24. The molecule has 19 heavy (non-hydrogen) atoms. The molecule has 106 valence electrons. The predicted octanol–water partition coefficient (Wildman–Crippen LogP) is 2.80. The lowest BCUT2D eigenvalue weighted by Gasteiger charge is -2.57. The molecule has 0 aromatic carbocycles. The first-order valence-corrected chi connectivity index (χ1v) is 8.08. The van der Waals surface area contributed by atoms with Gasteiger partial charge in [0.05, 0.1) is 0 Å². The Hall–Kier alpha value is -0.570. The topological polar surface area (TPSA) is 49.3 Å². The van der Waals surface area contributed by atoms with E-state index in [0.717, 1.165) is 43.6 Å². The largest absolute Gasteiger partial charge is 0.480 e. The molecule has 0 unspecified atom stereocenters. The van der Waals surface area contributed by atoms with E-state index in [1.807, 2.05) is 0 Å². The zero-order chi connectivity index (χ0) is 13.1. The molecule has 3 heteroatoms. The minimum atomic E-state index is -0.622. The van der Waals surface area contributed by atoms with Crippen molar-refractivity contribution in [1.82, 2.24) is 5.32 Å². The second-order valence-electron chi connectivity index (χ2n) is 8.01. The first-order valence-electron chi connectivity index (χ1n) is 8.08. The number of aliphatic carboxylic acids is 1. The van der Waals surface area contributed by atoms with Gasteiger partial charge < -0.3 is 10.4 Å². The van der Waals surface area contributed by atoms with Gasteiger partial charge in [-0.05, 0) is 81.0 Å². The molecule has 0 radical (unpaired) electrons. The van der Waals surface area contributed by atoms with Crippen molar-refractivity contribution in [3.63, 3.8) is 0 Å². The molecule has 5 aliphatic rings. The van der Waals surface area contributed by atoms with Crippen LogP contribution in [0.15, 0.2) is 0 Å². The second-order valence-corrected chi connectivity index (χ2v) is 8.01. The summed E-state index contributed by atoms with van der Waals surface area (Å²) < 4.78 is 0. The molecule has 5 rings (SSSR count). The third-order valence-electron chi connectivity index (χ3n) is 6.58. The van der Waals surface area contributed by atoms with Gasteiger partial charge in [-0.1, -0.05) is 0 Å². The van der Waals surface area contributed by atoms with E-state index in [-0.39, 0.29) is 0 Å². The fourth-order valence-corrected chi connectivity index (χ4v) is 5.86. The molecule has 2 N–H and O–H groups in total. The highest BCUT2D eigenvalue weighted by Gasteiger charge is 2.52. The Labute approximate surface area is 115 Å². The number of carbonyl (C=O) groups is 1. The molecule has 0 aromatic rings. The fourth-order valence-electron chi connectivity index (χ4n) is 5.86. The molecule has 0 spiro atoms. The predicted molar refractivity (Wildman–Crippen MR) is 72.8 cm³/mol. The van der Waals surface area contributed by atoms with E-state index >= 15 is 0 Å². The standard InChI is InChI=1S/C16H25NO2/c18-14(19)16(2-1-3-16)17-10-15-7-11-4-12(8-15)6-13(5-11)9-15/h11-13,17H,1-10H2,(H,18,19). The van der Waals surface area contributed by atoms with Crippen LogP contribution in [0.1, 0.15) is 57.8 Å². The van der Waals surface area contributed by atoms with Gasteiger partial charge in [0.2, 0.25) is 0 Å². The zero-order valence-corrected chi connectivity index (χ0v) is 11.7. The van der Waals surface area contributed by atoms with Gasteiger partial charge in [-0.25, -0.2) is 0 Å². The van der Waals surface area contributed by atoms with E-state index in [0.29, 0.717) is 5.41 Å². The van der Waals surface area contributed by atoms with Gasteiger partial charge in [-0.15, -0.1) is 0 Å². The monoisotopic (exact) mass is 263 g/mol. The van der Waals surface area contributed by atoms with Crippen LogP contribution in [0.25, 0.3) is 0 Å². The highest BCUT2D eigenvalue weighted by atomic mass is 16.4. The minimum absolute atomic E-state index is 0.451. The average molecular weight is 263 g/mol. The van der Waals surface area contributed by atoms with Crippen LogP contribution in [0.3, 0.4) is 0 Å². The third kappa shape index (κ3) is 1.84. The lowest BCUT2D eigenvalue weighted by Crippen LogP contribution is -2.61. The van der Waals surface area contributed by atoms with Gasteiger partial charge in [0.1, 0.15) is 5.54 Å². The number of hydrogen-bond donors (Lipinski definition) is 2. The quantitative estimate of drug-likeness (QED) is 0.820. The van der Waals surface area contributed by atoms with Crippen molar-refractivity contribution in [2.75, 3.05) is 6.54 Å². The van der Waals surface area contributed by atoms with Crippen molar-refractivity contribution >= 4 is 5.97 Å². The van der Waals surface area contributed by atoms with Crippen LogP contribution >= 0.6 is 0 Å². The van der Waals surface area contributed by atoms with Crippen molar-refractivity contribution in [3.8, 4) is 0 Å². The van der Waals surface area contributed by atoms with Crippen molar-refractivity contribution < 1.29 is 9.90 Å². The summed E-state index contributed by atoms with van der Waals surface area (Å²) in [5, 5.41) is 12.9. The van der Waals surface area contributed by atoms with E-state index in [4.69, 9.17) is 0 Å². The van der Waals surface area contributed by atoms with Gasteiger partial charge in [-0.3, -0.25) is 4.79 Å². The molecule has 0 aromatic heterocycles. The van der Waals surface area contributed by atoms with Crippen LogP contribution in [-0.2, 0) is 4.79 Å². The minimum Gasteiger partial charge on any atom is -0.480 e. The third-order valence-corrected chi connectivity index (χ3v) is 6.58.